The lowest BCUT2D eigenvalue weighted by Gasteiger charge is -2.06. The van der Waals surface area contributed by atoms with Crippen LogP contribution in [0.1, 0.15) is 5.56 Å². The Morgan fingerprint density at radius 1 is 1.21 bits per heavy atom. The van der Waals surface area contributed by atoms with Crippen LogP contribution in [-0.4, -0.2) is 20.1 Å². The Kier molecular flexibility index (Phi) is 5.26. The summed E-state index contributed by atoms with van der Waals surface area (Å²) in [4.78, 5) is 0. The zero-order chi connectivity index (χ0) is 10.4. The molecular weight excluding hydrogens is 219 g/mol. The van der Waals surface area contributed by atoms with E-state index in [0.717, 1.165) is 35.2 Å². The van der Waals surface area contributed by atoms with Crippen molar-refractivity contribution < 1.29 is 0 Å². The van der Waals surface area contributed by atoms with Crippen LogP contribution < -0.4 is 10.6 Å². The van der Waals surface area contributed by atoms with Gasteiger partial charge in [0.15, 0.2) is 0 Å². The number of halogens is 2. The first kappa shape index (κ1) is 11.8. The van der Waals surface area contributed by atoms with Crippen LogP contribution in [0.5, 0.6) is 0 Å². The lowest BCUT2D eigenvalue weighted by atomic mass is 10.2. The van der Waals surface area contributed by atoms with E-state index in [1.165, 1.54) is 0 Å². The minimum Gasteiger partial charge on any atom is -0.318 e. The van der Waals surface area contributed by atoms with Crippen molar-refractivity contribution in [3.05, 3.63) is 33.8 Å². The molecule has 2 nitrogen and oxygen atoms in total. The van der Waals surface area contributed by atoms with Gasteiger partial charge in [-0.3, -0.25) is 0 Å². The molecule has 0 amide bonds. The number of rotatable bonds is 5. The molecule has 4 heteroatoms. The summed E-state index contributed by atoms with van der Waals surface area (Å²) < 4.78 is 0. The van der Waals surface area contributed by atoms with Crippen LogP contribution in [0.2, 0.25) is 10.0 Å². The Bertz CT molecular complexity index is 289. The summed E-state index contributed by atoms with van der Waals surface area (Å²) in [6, 6.07) is 5.50. The van der Waals surface area contributed by atoms with E-state index < -0.39 is 0 Å². The van der Waals surface area contributed by atoms with Crippen LogP contribution in [0.3, 0.4) is 0 Å². The van der Waals surface area contributed by atoms with Gasteiger partial charge in [0.2, 0.25) is 0 Å². The molecule has 0 radical (unpaired) electrons. The third-order valence-electron chi connectivity index (χ3n) is 1.87. The van der Waals surface area contributed by atoms with Gasteiger partial charge in [-0.15, -0.1) is 0 Å². The molecule has 2 N–H and O–H groups in total. The first-order chi connectivity index (χ1) is 6.74. The Morgan fingerprint density at radius 2 is 2.00 bits per heavy atom. The average molecular weight is 233 g/mol. The molecular formula is C10H14Cl2N2. The summed E-state index contributed by atoms with van der Waals surface area (Å²) in [7, 11) is 1.92. The van der Waals surface area contributed by atoms with Crippen molar-refractivity contribution in [1.29, 1.82) is 0 Å². The molecule has 0 aliphatic carbocycles. The van der Waals surface area contributed by atoms with E-state index in [2.05, 4.69) is 10.6 Å². The second-order valence-electron chi connectivity index (χ2n) is 3.02. The van der Waals surface area contributed by atoms with Crippen molar-refractivity contribution in [2.45, 2.75) is 6.54 Å². The van der Waals surface area contributed by atoms with Crippen molar-refractivity contribution in [2.75, 3.05) is 20.1 Å². The van der Waals surface area contributed by atoms with E-state index in [1.54, 1.807) is 6.07 Å². The van der Waals surface area contributed by atoms with Crippen molar-refractivity contribution in [3.63, 3.8) is 0 Å². The zero-order valence-corrected chi connectivity index (χ0v) is 9.62. The van der Waals surface area contributed by atoms with E-state index in [1.807, 2.05) is 19.2 Å². The van der Waals surface area contributed by atoms with Gasteiger partial charge in [-0.05, 0) is 30.8 Å². The normalized spacial score (nSPS) is 10.5. The van der Waals surface area contributed by atoms with Gasteiger partial charge in [-0.2, -0.15) is 0 Å². The molecule has 0 saturated carbocycles. The van der Waals surface area contributed by atoms with E-state index in [0.29, 0.717) is 0 Å². The number of likely N-dealkylation sites (N-methyl/N-ethyl adjacent to an activating group) is 1. The highest BCUT2D eigenvalue weighted by atomic mass is 35.5. The van der Waals surface area contributed by atoms with Gasteiger partial charge in [0.05, 0.1) is 0 Å². The topological polar surface area (TPSA) is 24.1 Å². The number of benzene rings is 1. The Balaban J connectivity index is 2.45. The molecule has 0 heterocycles. The Morgan fingerprint density at radius 3 is 2.71 bits per heavy atom. The molecule has 1 aromatic carbocycles. The molecule has 1 rings (SSSR count). The fourth-order valence-electron chi connectivity index (χ4n) is 1.12. The largest absolute Gasteiger partial charge is 0.318 e. The summed E-state index contributed by atoms with van der Waals surface area (Å²) in [6.45, 7) is 2.61. The molecule has 1 aromatic rings. The predicted molar refractivity (Wildman–Crippen MR) is 62.1 cm³/mol. The van der Waals surface area contributed by atoms with Crippen molar-refractivity contribution in [2.24, 2.45) is 0 Å². The second kappa shape index (κ2) is 6.25. The summed E-state index contributed by atoms with van der Waals surface area (Å²) in [5.74, 6) is 0. The molecule has 0 spiro atoms. The van der Waals surface area contributed by atoms with Gasteiger partial charge in [0.1, 0.15) is 0 Å². The molecule has 14 heavy (non-hydrogen) atoms. The molecule has 0 unspecified atom stereocenters. The molecule has 0 fully saturated rings. The van der Waals surface area contributed by atoms with Gasteiger partial charge in [-0.1, -0.05) is 23.2 Å². The summed E-state index contributed by atoms with van der Waals surface area (Å²) in [5.41, 5.74) is 1.04. The van der Waals surface area contributed by atoms with E-state index in [-0.39, 0.29) is 0 Å². The second-order valence-corrected chi connectivity index (χ2v) is 3.86. The van der Waals surface area contributed by atoms with E-state index in [9.17, 15) is 0 Å². The van der Waals surface area contributed by atoms with Gasteiger partial charge in [0.25, 0.3) is 0 Å². The van der Waals surface area contributed by atoms with Gasteiger partial charge in [-0.25, -0.2) is 0 Å². The Labute approximate surface area is 94.6 Å². The standard InChI is InChI=1S/C10H14Cl2N2/c1-13-4-5-14-7-8-6-9(11)2-3-10(8)12/h2-3,6,13-14H,4-5,7H2,1H3. The van der Waals surface area contributed by atoms with Crippen LogP contribution in [0, 0.1) is 0 Å². The fraction of sp³-hybridized carbons (Fsp3) is 0.400. The molecule has 0 aliphatic heterocycles. The molecule has 0 saturated heterocycles. The summed E-state index contributed by atoms with van der Waals surface area (Å²) >= 11 is 11.9. The maximum Gasteiger partial charge on any atom is 0.0451 e. The first-order valence-electron chi connectivity index (χ1n) is 4.53. The lowest BCUT2D eigenvalue weighted by molar-refractivity contribution is 0.651. The molecule has 0 aliphatic rings. The smallest absolute Gasteiger partial charge is 0.0451 e. The van der Waals surface area contributed by atoms with E-state index >= 15 is 0 Å². The molecule has 0 bridgehead atoms. The van der Waals surface area contributed by atoms with Crippen LogP contribution in [0.15, 0.2) is 18.2 Å². The van der Waals surface area contributed by atoms with Crippen molar-refractivity contribution >= 4 is 23.2 Å². The summed E-state index contributed by atoms with van der Waals surface area (Å²) in [6.07, 6.45) is 0. The van der Waals surface area contributed by atoms with Crippen LogP contribution in [-0.2, 0) is 6.54 Å². The fourth-order valence-corrected chi connectivity index (χ4v) is 1.49. The molecule has 0 aromatic heterocycles. The first-order valence-corrected chi connectivity index (χ1v) is 5.29. The van der Waals surface area contributed by atoms with Gasteiger partial charge < -0.3 is 10.6 Å². The highest BCUT2D eigenvalue weighted by molar-refractivity contribution is 6.33. The van der Waals surface area contributed by atoms with Crippen LogP contribution in [0.25, 0.3) is 0 Å². The lowest BCUT2D eigenvalue weighted by Crippen LogP contribution is -2.24. The van der Waals surface area contributed by atoms with Gasteiger partial charge >= 0.3 is 0 Å². The third kappa shape index (κ3) is 3.84. The summed E-state index contributed by atoms with van der Waals surface area (Å²) in [5, 5.41) is 7.80. The zero-order valence-electron chi connectivity index (χ0n) is 8.11. The average Bonchev–Trinajstić information content (AvgIpc) is 2.18. The quantitative estimate of drug-likeness (QED) is 0.762. The maximum absolute atomic E-state index is 5.99. The van der Waals surface area contributed by atoms with Crippen molar-refractivity contribution in [3.8, 4) is 0 Å². The van der Waals surface area contributed by atoms with Crippen molar-refractivity contribution in [1.82, 2.24) is 10.6 Å². The maximum atomic E-state index is 5.99. The third-order valence-corrected chi connectivity index (χ3v) is 2.48. The van der Waals surface area contributed by atoms with Crippen LogP contribution >= 0.6 is 23.2 Å². The Hall–Kier alpha value is -0.280. The minimum atomic E-state index is 0.722. The predicted octanol–water partition coefficient (Wildman–Crippen LogP) is 2.30. The van der Waals surface area contributed by atoms with Crippen LogP contribution in [0.4, 0.5) is 0 Å². The minimum absolute atomic E-state index is 0.722. The number of hydrogen-bond donors (Lipinski definition) is 2. The highest BCUT2D eigenvalue weighted by Crippen LogP contribution is 2.20. The van der Waals surface area contributed by atoms with E-state index in [4.69, 9.17) is 23.2 Å². The van der Waals surface area contributed by atoms with Gasteiger partial charge in [0, 0.05) is 29.7 Å². The monoisotopic (exact) mass is 232 g/mol. The SMILES string of the molecule is CNCCNCc1cc(Cl)ccc1Cl. The molecule has 0 atom stereocenters. The number of nitrogens with one attached hydrogen (secondary N) is 2. The highest BCUT2D eigenvalue weighted by Gasteiger charge is 2.00. The number of hydrogen-bond acceptors (Lipinski definition) is 2. The molecule has 78 valence electrons.